The van der Waals surface area contributed by atoms with Crippen molar-refractivity contribution in [1.29, 1.82) is 0 Å². The van der Waals surface area contributed by atoms with Gasteiger partial charge >= 0.3 is 0 Å². The molecule has 0 bridgehead atoms. The molecule has 110 valence electrons. The zero-order valence-corrected chi connectivity index (χ0v) is 11.4. The van der Waals surface area contributed by atoms with Gasteiger partial charge in [0, 0.05) is 6.54 Å². The van der Waals surface area contributed by atoms with Crippen molar-refractivity contribution in [3.8, 4) is 0 Å². The lowest BCUT2D eigenvalue weighted by atomic mass is 10.2. The number of carbonyl (C=O) groups excluding carboxylic acids is 1. The second-order valence-electron chi connectivity index (χ2n) is 4.29. The Morgan fingerprint density at radius 2 is 1.95 bits per heavy atom. The fourth-order valence-electron chi connectivity index (χ4n) is 1.63. The Morgan fingerprint density at radius 1 is 1.19 bits per heavy atom. The molecule has 0 unspecified atom stereocenters. The highest BCUT2D eigenvalue weighted by molar-refractivity contribution is 6.07. The van der Waals surface area contributed by atoms with Gasteiger partial charge in [-0.15, -0.1) is 0 Å². The van der Waals surface area contributed by atoms with Crippen LogP contribution in [0.4, 0.5) is 20.4 Å². The Labute approximate surface area is 120 Å². The minimum absolute atomic E-state index is 0.0644. The lowest BCUT2D eigenvalue weighted by Gasteiger charge is -2.10. The molecule has 1 amide bonds. The first-order valence-corrected chi connectivity index (χ1v) is 6.42. The maximum absolute atomic E-state index is 13.3. The summed E-state index contributed by atoms with van der Waals surface area (Å²) in [7, 11) is 0. The number of amides is 1. The second-order valence-corrected chi connectivity index (χ2v) is 4.29. The number of hydrogen-bond donors (Lipinski definition) is 2. The van der Waals surface area contributed by atoms with Gasteiger partial charge in [0.15, 0.2) is 0 Å². The molecule has 0 spiro atoms. The molecule has 0 atom stereocenters. The number of hydrogen-bond acceptors (Lipinski definition) is 4. The van der Waals surface area contributed by atoms with Crippen LogP contribution >= 0.6 is 0 Å². The lowest BCUT2D eigenvalue weighted by molar-refractivity contribution is 0.102. The first-order chi connectivity index (χ1) is 10.1. The van der Waals surface area contributed by atoms with E-state index >= 15 is 0 Å². The maximum atomic E-state index is 13.3. The van der Waals surface area contributed by atoms with Crippen LogP contribution in [0.5, 0.6) is 0 Å². The van der Waals surface area contributed by atoms with Crippen LogP contribution in [0, 0.1) is 11.6 Å². The SMILES string of the molecule is CCCNc1ncc(F)cc1C(=O)Nc1ccc(F)cn1. The van der Waals surface area contributed by atoms with Gasteiger partial charge in [-0.2, -0.15) is 0 Å². The number of pyridine rings is 2. The summed E-state index contributed by atoms with van der Waals surface area (Å²) in [6, 6.07) is 3.58. The van der Waals surface area contributed by atoms with Crippen molar-refractivity contribution in [2.24, 2.45) is 0 Å². The minimum Gasteiger partial charge on any atom is -0.369 e. The first kappa shape index (κ1) is 14.8. The third kappa shape index (κ3) is 3.95. The Bertz CT molecular complexity index is 631. The number of aromatic nitrogens is 2. The summed E-state index contributed by atoms with van der Waals surface area (Å²) in [5.41, 5.74) is 0.0644. The van der Waals surface area contributed by atoms with Crippen molar-refractivity contribution in [3.63, 3.8) is 0 Å². The Hall–Kier alpha value is -2.57. The van der Waals surface area contributed by atoms with Crippen molar-refractivity contribution in [1.82, 2.24) is 9.97 Å². The predicted octanol–water partition coefficient (Wildman–Crippen LogP) is 2.83. The summed E-state index contributed by atoms with van der Waals surface area (Å²) < 4.78 is 26.0. The van der Waals surface area contributed by atoms with E-state index < -0.39 is 17.5 Å². The molecule has 2 heterocycles. The van der Waals surface area contributed by atoms with Crippen LogP contribution in [-0.4, -0.2) is 22.4 Å². The molecule has 0 saturated carbocycles. The van der Waals surface area contributed by atoms with E-state index in [0.717, 1.165) is 24.9 Å². The van der Waals surface area contributed by atoms with Gasteiger partial charge in [-0.3, -0.25) is 4.79 Å². The molecule has 0 radical (unpaired) electrons. The summed E-state index contributed by atoms with van der Waals surface area (Å²) in [6.07, 6.45) is 2.85. The molecule has 2 aromatic rings. The molecule has 0 aromatic carbocycles. The lowest BCUT2D eigenvalue weighted by Crippen LogP contribution is -2.17. The topological polar surface area (TPSA) is 66.9 Å². The van der Waals surface area contributed by atoms with Crippen LogP contribution in [0.15, 0.2) is 30.6 Å². The van der Waals surface area contributed by atoms with Crippen molar-refractivity contribution in [2.45, 2.75) is 13.3 Å². The molecule has 2 rings (SSSR count). The number of nitrogens with one attached hydrogen (secondary N) is 2. The standard InChI is InChI=1S/C14H14F2N4O/c1-2-5-17-13-11(6-10(16)8-19-13)14(21)20-12-4-3-9(15)7-18-12/h3-4,6-8H,2,5H2,1H3,(H,17,19)(H,18,20,21). The molecule has 21 heavy (non-hydrogen) atoms. The summed E-state index contributed by atoms with van der Waals surface area (Å²) >= 11 is 0. The number of nitrogens with zero attached hydrogens (tertiary/aromatic N) is 2. The minimum atomic E-state index is -0.616. The molecule has 0 fully saturated rings. The van der Waals surface area contributed by atoms with Crippen LogP contribution in [0.25, 0.3) is 0 Å². The van der Waals surface area contributed by atoms with E-state index in [0.29, 0.717) is 6.54 Å². The highest BCUT2D eigenvalue weighted by Gasteiger charge is 2.14. The van der Waals surface area contributed by atoms with Gasteiger partial charge in [0.05, 0.1) is 18.0 Å². The van der Waals surface area contributed by atoms with Crippen LogP contribution in [0.2, 0.25) is 0 Å². The summed E-state index contributed by atoms with van der Waals surface area (Å²) in [6.45, 7) is 2.56. The number of halogens is 2. The largest absolute Gasteiger partial charge is 0.369 e. The fourth-order valence-corrected chi connectivity index (χ4v) is 1.63. The van der Waals surface area contributed by atoms with E-state index in [-0.39, 0.29) is 17.2 Å². The van der Waals surface area contributed by atoms with Crippen LogP contribution in [0.1, 0.15) is 23.7 Å². The highest BCUT2D eigenvalue weighted by Crippen LogP contribution is 2.16. The summed E-state index contributed by atoms with van der Waals surface area (Å²) in [5, 5.41) is 5.41. The second kappa shape index (κ2) is 6.74. The van der Waals surface area contributed by atoms with E-state index in [2.05, 4.69) is 20.6 Å². The van der Waals surface area contributed by atoms with Crippen molar-refractivity contribution >= 4 is 17.5 Å². The van der Waals surface area contributed by atoms with Crippen LogP contribution in [-0.2, 0) is 0 Å². The van der Waals surface area contributed by atoms with Crippen molar-refractivity contribution in [3.05, 3.63) is 47.8 Å². The molecule has 0 aliphatic heterocycles. The third-order valence-electron chi connectivity index (χ3n) is 2.61. The number of rotatable bonds is 5. The van der Waals surface area contributed by atoms with Gasteiger partial charge in [-0.1, -0.05) is 6.92 Å². The van der Waals surface area contributed by atoms with Gasteiger partial charge in [0.25, 0.3) is 5.91 Å². The zero-order valence-electron chi connectivity index (χ0n) is 11.4. The van der Waals surface area contributed by atoms with Crippen LogP contribution in [0.3, 0.4) is 0 Å². The molecule has 2 N–H and O–H groups in total. The molecule has 7 heteroatoms. The van der Waals surface area contributed by atoms with Gasteiger partial charge in [0.1, 0.15) is 23.3 Å². The monoisotopic (exact) mass is 292 g/mol. The Morgan fingerprint density at radius 3 is 2.62 bits per heavy atom. The Balaban J connectivity index is 2.20. The molecule has 0 saturated heterocycles. The fraction of sp³-hybridized carbons (Fsp3) is 0.214. The summed E-state index contributed by atoms with van der Waals surface area (Å²) in [5.74, 6) is -1.23. The average Bonchev–Trinajstić information content (AvgIpc) is 2.48. The Kier molecular flexibility index (Phi) is 4.76. The maximum Gasteiger partial charge on any atom is 0.260 e. The number of carbonyl (C=O) groups is 1. The van der Waals surface area contributed by atoms with Crippen molar-refractivity contribution in [2.75, 3.05) is 17.2 Å². The highest BCUT2D eigenvalue weighted by atomic mass is 19.1. The van der Waals surface area contributed by atoms with E-state index in [1.165, 1.54) is 12.1 Å². The quantitative estimate of drug-likeness (QED) is 0.889. The smallest absolute Gasteiger partial charge is 0.260 e. The molecule has 0 aliphatic rings. The normalized spacial score (nSPS) is 10.2. The molecule has 0 aliphatic carbocycles. The van der Waals surface area contributed by atoms with Gasteiger partial charge in [0.2, 0.25) is 0 Å². The third-order valence-corrected chi connectivity index (χ3v) is 2.61. The van der Waals surface area contributed by atoms with E-state index in [9.17, 15) is 13.6 Å². The molecular formula is C14H14F2N4O. The van der Waals surface area contributed by atoms with Gasteiger partial charge < -0.3 is 10.6 Å². The number of anilines is 2. The van der Waals surface area contributed by atoms with E-state index in [1.807, 2.05) is 6.92 Å². The van der Waals surface area contributed by atoms with E-state index in [4.69, 9.17) is 0 Å². The molecule has 2 aromatic heterocycles. The molecule has 5 nitrogen and oxygen atoms in total. The van der Waals surface area contributed by atoms with E-state index in [1.54, 1.807) is 0 Å². The van der Waals surface area contributed by atoms with Crippen molar-refractivity contribution < 1.29 is 13.6 Å². The first-order valence-electron chi connectivity index (χ1n) is 6.42. The molecular weight excluding hydrogens is 278 g/mol. The average molecular weight is 292 g/mol. The zero-order chi connectivity index (χ0) is 15.2. The van der Waals surface area contributed by atoms with Crippen LogP contribution < -0.4 is 10.6 Å². The summed E-state index contributed by atoms with van der Waals surface area (Å²) in [4.78, 5) is 19.7. The van der Waals surface area contributed by atoms with Gasteiger partial charge in [-0.25, -0.2) is 18.7 Å². The predicted molar refractivity (Wildman–Crippen MR) is 75.1 cm³/mol. The van der Waals surface area contributed by atoms with Gasteiger partial charge in [-0.05, 0) is 24.6 Å².